The Labute approximate surface area is 176 Å². The van der Waals surface area contributed by atoms with Crippen LogP contribution in [0.15, 0.2) is 84.9 Å². The molecular weight excluding hydrogens is 380 g/mol. The van der Waals surface area contributed by atoms with Gasteiger partial charge in [-0.25, -0.2) is 4.79 Å². The van der Waals surface area contributed by atoms with Gasteiger partial charge in [0.05, 0.1) is 0 Å². The number of nitrogens with one attached hydrogen (secondary N) is 2. The second-order valence-corrected chi connectivity index (χ2v) is 6.42. The summed E-state index contributed by atoms with van der Waals surface area (Å²) in [5.41, 5.74) is 3.30. The molecule has 0 aliphatic carbocycles. The number of rotatable bonds is 8. The van der Waals surface area contributed by atoms with E-state index >= 15 is 0 Å². The van der Waals surface area contributed by atoms with Crippen molar-refractivity contribution in [2.24, 2.45) is 0 Å². The Morgan fingerprint density at radius 2 is 1.37 bits per heavy atom. The number of carbonyl (C=O) groups is 2. The van der Waals surface area contributed by atoms with Gasteiger partial charge in [0, 0.05) is 24.8 Å². The number of anilines is 2. The van der Waals surface area contributed by atoms with Crippen LogP contribution in [-0.4, -0.2) is 30.1 Å². The summed E-state index contributed by atoms with van der Waals surface area (Å²) >= 11 is 0. The third-order valence-corrected chi connectivity index (χ3v) is 3.91. The zero-order valence-electron chi connectivity index (χ0n) is 16.9. The molecule has 0 spiro atoms. The van der Waals surface area contributed by atoms with Gasteiger partial charge in [0.15, 0.2) is 6.61 Å². The number of benzene rings is 3. The predicted molar refractivity (Wildman–Crippen MR) is 118 cm³/mol. The van der Waals surface area contributed by atoms with Crippen molar-refractivity contribution < 1.29 is 19.4 Å². The first-order chi connectivity index (χ1) is 14.5. The molecule has 0 radical (unpaired) electrons. The monoisotopic (exact) mass is 406 g/mol. The fourth-order valence-electron chi connectivity index (χ4n) is 2.49. The standard InChI is InChI=1S/C12H15NO4.C12H11N/c1-9(14)13-7-6-10-2-4-11(5-3-10)17-8-12(15)16;1-3-7-11(8-4-1)13-12-9-5-2-6-10-12/h2-5H,6-8H2,1H3,(H,13,14)(H,15,16);1-10,13H. The van der Waals surface area contributed by atoms with Crippen LogP contribution in [0.5, 0.6) is 5.75 Å². The first-order valence-corrected chi connectivity index (χ1v) is 9.58. The average Bonchev–Trinajstić information content (AvgIpc) is 2.75. The van der Waals surface area contributed by atoms with Gasteiger partial charge in [0.25, 0.3) is 0 Å². The lowest BCUT2D eigenvalue weighted by Crippen LogP contribution is -2.22. The fourth-order valence-corrected chi connectivity index (χ4v) is 2.49. The molecule has 30 heavy (non-hydrogen) atoms. The molecular formula is C24H26N2O4. The summed E-state index contributed by atoms with van der Waals surface area (Å²) in [5.74, 6) is -0.526. The van der Waals surface area contributed by atoms with E-state index in [0.717, 1.165) is 23.4 Å². The van der Waals surface area contributed by atoms with Crippen molar-refractivity contribution in [2.75, 3.05) is 18.5 Å². The minimum absolute atomic E-state index is 0.0496. The molecule has 0 saturated heterocycles. The normalized spacial score (nSPS) is 9.63. The van der Waals surface area contributed by atoms with Gasteiger partial charge in [-0.05, 0) is 48.4 Å². The van der Waals surface area contributed by atoms with Gasteiger partial charge in [0.2, 0.25) is 5.91 Å². The van der Waals surface area contributed by atoms with Crippen molar-refractivity contribution in [3.05, 3.63) is 90.5 Å². The molecule has 0 heterocycles. The number of ether oxygens (including phenoxy) is 1. The maximum absolute atomic E-state index is 10.7. The minimum atomic E-state index is -1.00. The van der Waals surface area contributed by atoms with Crippen molar-refractivity contribution in [1.82, 2.24) is 5.32 Å². The minimum Gasteiger partial charge on any atom is -0.482 e. The predicted octanol–water partition coefficient (Wildman–Crippen LogP) is 4.26. The summed E-state index contributed by atoms with van der Waals surface area (Å²) in [6.45, 7) is 1.72. The van der Waals surface area contributed by atoms with E-state index in [-0.39, 0.29) is 12.5 Å². The average molecular weight is 406 g/mol. The lowest BCUT2D eigenvalue weighted by atomic mass is 10.1. The number of carbonyl (C=O) groups excluding carboxylic acids is 1. The molecule has 0 aliphatic heterocycles. The second-order valence-electron chi connectivity index (χ2n) is 6.42. The third-order valence-electron chi connectivity index (χ3n) is 3.91. The van der Waals surface area contributed by atoms with Gasteiger partial charge >= 0.3 is 5.97 Å². The van der Waals surface area contributed by atoms with Crippen LogP contribution in [0.2, 0.25) is 0 Å². The number of para-hydroxylation sites is 2. The molecule has 3 rings (SSSR count). The molecule has 0 fully saturated rings. The van der Waals surface area contributed by atoms with E-state index in [9.17, 15) is 9.59 Å². The first kappa shape index (κ1) is 22.5. The van der Waals surface area contributed by atoms with E-state index in [1.54, 1.807) is 12.1 Å². The van der Waals surface area contributed by atoms with Gasteiger partial charge in [-0.15, -0.1) is 0 Å². The maximum Gasteiger partial charge on any atom is 0.341 e. The van der Waals surface area contributed by atoms with Gasteiger partial charge in [0.1, 0.15) is 5.75 Å². The zero-order valence-corrected chi connectivity index (χ0v) is 16.9. The highest BCUT2D eigenvalue weighted by Crippen LogP contribution is 2.14. The van der Waals surface area contributed by atoms with Gasteiger partial charge in [-0.2, -0.15) is 0 Å². The smallest absolute Gasteiger partial charge is 0.341 e. The molecule has 156 valence electrons. The SMILES string of the molecule is CC(=O)NCCc1ccc(OCC(=O)O)cc1.c1ccc(Nc2ccccc2)cc1. The summed E-state index contributed by atoms with van der Waals surface area (Å²) in [7, 11) is 0. The Bertz CT molecular complexity index is 860. The Morgan fingerprint density at radius 3 is 1.83 bits per heavy atom. The molecule has 3 aromatic carbocycles. The molecule has 0 bridgehead atoms. The van der Waals surface area contributed by atoms with E-state index in [1.807, 2.05) is 72.8 Å². The van der Waals surface area contributed by atoms with Gasteiger partial charge < -0.3 is 20.5 Å². The molecule has 0 aromatic heterocycles. The highest BCUT2D eigenvalue weighted by atomic mass is 16.5. The number of aliphatic carboxylic acids is 1. The Balaban J connectivity index is 0.000000220. The topological polar surface area (TPSA) is 87.7 Å². The van der Waals surface area contributed by atoms with Crippen LogP contribution < -0.4 is 15.4 Å². The zero-order chi connectivity index (χ0) is 21.6. The molecule has 6 heteroatoms. The summed E-state index contributed by atoms with van der Waals surface area (Å²) in [4.78, 5) is 20.9. The largest absolute Gasteiger partial charge is 0.482 e. The van der Waals surface area contributed by atoms with Crippen molar-refractivity contribution in [2.45, 2.75) is 13.3 Å². The number of carboxylic acids is 1. The molecule has 0 aliphatic rings. The molecule has 0 atom stereocenters. The number of hydrogen-bond acceptors (Lipinski definition) is 4. The van der Waals surface area contributed by atoms with Crippen LogP contribution >= 0.6 is 0 Å². The molecule has 3 aromatic rings. The highest BCUT2D eigenvalue weighted by Gasteiger charge is 2.00. The summed E-state index contributed by atoms with van der Waals surface area (Å²) in [5, 5.41) is 14.4. The summed E-state index contributed by atoms with van der Waals surface area (Å²) < 4.78 is 5.00. The molecule has 0 unspecified atom stereocenters. The van der Waals surface area contributed by atoms with E-state index < -0.39 is 5.97 Å². The van der Waals surface area contributed by atoms with E-state index in [4.69, 9.17) is 9.84 Å². The third kappa shape index (κ3) is 9.41. The van der Waals surface area contributed by atoms with Gasteiger partial charge in [-0.1, -0.05) is 48.5 Å². The molecule has 3 N–H and O–H groups in total. The quantitative estimate of drug-likeness (QED) is 0.520. The lowest BCUT2D eigenvalue weighted by molar-refractivity contribution is -0.139. The molecule has 0 saturated carbocycles. The molecule has 6 nitrogen and oxygen atoms in total. The van der Waals surface area contributed by atoms with E-state index in [1.165, 1.54) is 6.92 Å². The van der Waals surface area contributed by atoms with Crippen molar-refractivity contribution >= 4 is 23.3 Å². The van der Waals surface area contributed by atoms with Crippen molar-refractivity contribution in [3.63, 3.8) is 0 Å². The van der Waals surface area contributed by atoms with E-state index in [0.29, 0.717) is 12.3 Å². The lowest BCUT2D eigenvalue weighted by Gasteiger charge is -2.05. The van der Waals surface area contributed by atoms with Crippen molar-refractivity contribution in [3.8, 4) is 5.75 Å². The Kier molecular flexibility index (Phi) is 9.46. The second kappa shape index (κ2) is 12.6. The fraction of sp³-hybridized carbons (Fsp3) is 0.167. The number of carboxylic acid groups (broad SMARTS) is 1. The first-order valence-electron chi connectivity index (χ1n) is 9.58. The Hall–Kier alpha value is -3.80. The van der Waals surface area contributed by atoms with Gasteiger partial charge in [-0.3, -0.25) is 4.79 Å². The van der Waals surface area contributed by atoms with Crippen LogP contribution in [0.3, 0.4) is 0 Å². The van der Waals surface area contributed by atoms with E-state index in [2.05, 4.69) is 10.6 Å². The summed E-state index contributed by atoms with van der Waals surface area (Å²) in [6.07, 6.45) is 0.735. The van der Waals surface area contributed by atoms with Crippen LogP contribution in [-0.2, 0) is 16.0 Å². The highest BCUT2D eigenvalue weighted by molar-refractivity contribution is 5.72. The number of amides is 1. The Morgan fingerprint density at radius 1 is 0.833 bits per heavy atom. The number of hydrogen-bond donors (Lipinski definition) is 3. The maximum atomic E-state index is 10.7. The van der Waals surface area contributed by atoms with Crippen molar-refractivity contribution in [1.29, 1.82) is 0 Å². The van der Waals surface area contributed by atoms with Crippen LogP contribution in [0.4, 0.5) is 11.4 Å². The van der Waals surface area contributed by atoms with Crippen LogP contribution in [0, 0.1) is 0 Å². The van der Waals surface area contributed by atoms with Crippen LogP contribution in [0.1, 0.15) is 12.5 Å². The summed E-state index contributed by atoms with van der Waals surface area (Å²) in [6, 6.07) is 27.4. The molecule has 1 amide bonds. The van der Waals surface area contributed by atoms with Crippen LogP contribution in [0.25, 0.3) is 0 Å².